The van der Waals surface area contributed by atoms with Crippen LogP contribution in [0.4, 0.5) is 0 Å². The monoisotopic (exact) mass is 458 g/mol. The average Bonchev–Trinajstić information content (AvgIpc) is 2.90. The SMILES string of the molecule is CC1(C)C2=C(C=CCC2)C2CC=C(C3CCC(I)C4C=CC=CC34)CC21. The highest BCUT2D eigenvalue weighted by Gasteiger charge is 2.49. The lowest BCUT2D eigenvalue weighted by Crippen LogP contribution is -2.37. The number of rotatable bonds is 1. The fourth-order valence-corrected chi connectivity index (χ4v) is 7.92. The van der Waals surface area contributed by atoms with Gasteiger partial charge >= 0.3 is 0 Å². The van der Waals surface area contributed by atoms with Crippen molar-refractivity contribution in [2.24, 2.45) is 35.0 Å². The Kier molecular flexibility index (Phi) is 4.38. The second-order valence-electron chi connectivity index (χ2n) is 9.65. The van der Waals surface area contributed by atoms with E-state index in [2.05, 4.69) is 79.0 Å². The number of alkyl halides is 1. The second-order valence-corrected chi connectivity index (χ2v) is 11.3. The highest BCUT2D eigenvalue weighted by atomic mass is 127. The lowest BCUT2D eigenvalue weighted by molar-refractivity contribution is 0.194. The quantitative estimate of drug-likeness (QED) is 0.222. The molecule has 5 rings (SSSR count). The maximum atomic E-state index is 2.71. The molecule has 1 fully saturated rings. The van der Waals surface area contributed by atoms with Crippen LogP contribution in [0.15, 0.2) is 59.3 Å². The molecule has 0 radical (unpaired) electrons. The van der Waals surface area contributed by atoms with Crippen molar-refractivity contribution in [2.75, 3.05) is 0 Å². The second kappa shape index (κ2) is 6.50. The predicted octanol–water partition coefficient (Wildman–Crippen LogP) is 7.20. The van der Waals surface area contributed by atoms with Crippen LogP contribution >= 0.6 is 22.6 Å². The minimum atomic E-state index is 0.395. The van der Waals surface area contributed by atoms with Gasteiger partial charge in [-0.1, -0.05) is 90.1 Å². The smallest absolute Gasteiger partial charge is 0.0179 e. The first-order valence-corrected chi connectivity index (χ1v) is 11.9. The standard InChI is InChI=1S/C25H31I/c1-25(2)22-10-6-5-8-19(22)20-12-11-16(15-23(20)25)17-13-14-24(26)21-9-4-3-7-18(17)21/h3-5,7-9,11,17-18,20-21,23-24H,6,10,12-15H2,1-2H3. The van der Waals surface area contributed by atoms with Crippen LogP contribution in [0.5, 0.6) is 0 Å². The van der Waals surface area contributed by atoms with E-state index in [1.807, 2.05) is 0 Å². The van der Waals surface area contributed by atoms with E-state index in [4.69, 9.17) is 0 Å². The van der Waals surface area contributed by atoms with E-state index in [-0.39, 0.29) is 0 Å². The van der Waals surface area contributed by atoms with Gasteiger partial charge in [-0.25, -0.2) is 0 Å². The summed E-state index contributed by atoms with van der Waals surface area (Å²) in [6.45, 7) is 5.09. The van der Waals surface area contributed by atoms with Crippen LogP contribution in [0.25, 0.3) is 0 Å². The number of allylic oxidation sites excluding steroid dienone is 10. The predicted molar refractivity (Wildman–Crippen MR) is 119 cm³/mol. The molecule has 0 spiro atoms. The van der Waals surface area contributed by atoms with Crippen LogP contribution < -0.4 is 0 Å². The fraction of sp³-hybridized carbons (Fsp3) is 0.600. The van der Waals surface area contributed by atoms with Gasteiger partial charge in [0.25, 0.3) is 0 Å². The lowest BCUT2D eigenvalue weighted by Gasteiger charge is -2.44. The van der Waals surface area contributed by atoms with E-state index in [0.717, 1.165) is 33.5 Å². The van der Waals surface area contributed by atoms with Gasteiger partial charge in [0.05, 0.1) is 0 Å². The van der Waals surface area contributed by atoms with Gasteiger partial charge in [0, 0.05) is 3.92 Å². The van der Waals surface area contributed by atoms with E-state index in [0.29, 0.717) is 5.41 Å². The molecule has 0 bridgehead atoms. The summed E-state index contributed by atoms with van der Waals surface area (Å²) in [5.74, 6) is 3.90. The topological polar surface area (TPSA) is 0 Å². The highest BCUT2D eigenvalue weighted by Crippen LogP contribution is 2.60. The van der Waals surface area contributed by atoms with Gasteiger partial charge in [-0.2, -0.15) is 0 Å². The van der Waals surface area contributed by atoms with E-state index in [1.165, 1.54) is 38.5 Å². The summed E-state index contributed by atoms with van der Waals surface area (Å²) in [7, 11) is 0. The Bertz CT molecular complexity index is 744. The molecule has 1 heteroatoms. The normalized spacial score (nSPS) is 43.0. The first-order valence-electron chi connectivity index (χ1n) is 10.7. The molecule has 6 atom stereocenters. The largest absolute Gasteiger partial charge is 0.0844 e. The minimum Gasteiger partial charge on any atom is -0.0844 e. The van der Waals surface area contributed by atoms with E-state index < -0.39 is 0 Å². The fourth-order valence-electron chi connectivity index (χ4n) is 6.84. The minimum absolute atomic E-state index is 0.395. The third kappa shape index (κ3) is 2.59. The molecule has 0 aromatic heterocycles. The molecule has 1 saturated carbocycles. The molecule has 0 heterocycles. The maximum absolute atomic E-state index is 2.71. The van der Waals surface area contributed by atoms with E-state index in [9.17, 15) is 0 Å². The number of hydrogen-bond acceptors (Lipinski definition) is 0. The zero-order chi connectivity index (χ0) is 17.9. The maximum Gasteiger partial charge on any atom is 0.0179 e. The van der Waals surface area contributed by atoms with Crippen molar-refractivity contribution in [1.82, 2.24) is 0 Å². The zero-order valence-electron chi connectivity index (χ0n) is 16.1. The molecule has 0 aliphatic heterocycles. The Labute approximate surface area is 172 Å². The van der Waals surface area contributed by atoms with Crippen molar-refractivity contribution in [3.8, 4) is 0 Å². The summed E-state index contributed by atoms with van der Waals surface area (Å²) in [5, 5.41) is 0. The van der Waals surface area contributed by atoms with Crippen molar-refractivity contribution < 1.29 is 0 Å². The third-order valence-electron chi connectivity index (χ3n) is 8.22. The number of hydrogen-bond donors (Lipinski definition) is 0. The number of fused-ring (bicyclic) bond motifs is 3. The Morgan fingerprint density at radius 3 is 2.69 bits per heavy atom. The first kappa shape index (κ1) is 17.5. The summed E-state index contributed by atoms with van der Waals surface area (Å²) in [6.07, 6.45) is 25.1. The van der Waals surface area contributed by atoms with Gasteiger partial charge in [0.1, 0.15) is 0 Å². The van der Waals surface area contributed by atoms with Crippen LogP contribution in [-0.4, -0.2) is 3.92 Å². The van der Waals surface area contributed by atoms with Crippen LogP contribution in [0, 0.1) is 35.0 Å². The summed E-state index contributed by atoms with van der Waals surface area (Å²) >= 11 is 2.71. The summed E-state index contributed by atoms with van der Waals surface area (Å²) in [6, 6.07) is 0. The van der Waals surface area contributed by atoms with Crippen LogP contribution in [0.2, 0.25) is 0 Å². The Morgan fingerprint density at radius 1 is 1.04 bits per heavy atom. The van der Waals surface area contributed by atoms with Gasteiger partial charge in [-0.3, -0.25) is 0 Å². The van der Waals surface area contributed by atoms with Crippen molar-refractivity contribution in [2.45, 2.75) is 56.3 Å². The molecule has 0 aromatic carbocycles. The van der Waals surface area contributed by atoms with Crippen LogP contribution in [0.1, 0.15) is 52.4 Å². The molecule has 0 saturated heterocycles. The van der Waals surface area contributed by atoms with Gasteiger partial charge in [0.15, 0.2) is 0 Å². The zero-order valence-corrected chi connectivity index (χ0v) is 18.3. The summed E-state index contributed by atoms with van der Waals surface area (Å²) < 4.78 is 0.814. The van der Waals surface area contributed by atoms with Crippen LogP contribution in [-0.2, 0) is 0 Å². The molecule has 0 nitrogen and oxygen atoms in total. The van der Waals surface area contributed by atoms with Gasteiger partial charge < -0.3 is 0 Å². The summed E-state index contributed by atoms with van der Waals surface area (Å²) in [4.78, 5) is 0. The third-order valence-corrected chi connectivity index (χ3v) is 9.67. The molecule has 0 aromatic rings. The molecule has 6 unspecified atom stereocenters. The average molecular weight is 458 g/mol. The summed E-state index contributed by atoms with van der Waals surface area (Å²) in [5.41, 5.74) is 5.71. The highest BCUT2D eigenvalue weighted by molar-refractivity contribution is 14.1. The van der Waals surface area contributed by atoms with Gasteiger partial charge in [0.2, 0.25) is 0 Å². The molecule has 26 heavy (non-hydrogen) atoms. The molecule has 0 amide bonds. The van der Waals surface area contributed by atoms with Crippen LogP contribution in [0.3, 0.4) is 0 Å². The molecular formula is C25H31I. The first-order chi connectivity index (χ1) is 12.6. The van der Waals surface area contributed by atoms with Crippen molar-refractivity contribution in [1.29, 1.82) is 0 Å². The number of halogens is 1. The van der Waals surface area contributed by atoms with Crippen molar-refractivity contribution in [3.05, 3.63) is 59.3 Å². The Hall–Kier alpha value is -0.570. The molecule has 138 valence electrons. The lowest BCUT2D eigenvalue weighted by atomic mass is 9.61. The van der Waals surface area contributed by atoms with E-state index >= 15 is 0 Å². The van der Waals surface area contributed by atoms with Crippen molar-refractivity contribution >= 4 is 22.6 Å². The Morgan fingerprint density at radius 2 is 1.85 bits per heavy atom. The molecule has 5 aliphatic carbocycles. The Balaban J connectivity index is 1.43. The molecule has 5 aliphatic rings. The molecular weight excluding hydrogens is 427 g/mol. The molecule has 0 N–H and O–H groups in total. The van der Waals surface area contributed by atoms with E-state index in [1.54, 1.807) is 16.7 Å². The van der Waals surface area contributed by atoms with Crippen molar-refractivity contribution in [3.63, 3.8) is 0 Å². The van der Waals surface area contributed by atoms with Gasteiger partial charge in [-0.05, 0) is 79.1 Å². The van der Waals surface area contributed by atoms with Gasteiger partial charge in [-0.15, -0.1) is 0 Å².